The van der Waals surface area contributed by atoms with Crippen molar-refractivity contribution in [3.63, 3.8) is 0 Å². The van der Waals surface area contributed by atoms with Crippen molar-refractivity contribution in [3.8, 4) is 11.1 Å². The Morgan fingerprint density at radius 1 is 1.12 bits per heavy atom. The molecule has 10 heteroatoms. The molecular weight excluding hydrogens is 371 g/mol. The summed E-state index contributed by atoms with van der Waals surface area (Å²) in [4.78, 5) is 7.76. The van der Waals surface area contributed by atoms with Crippen LogP contribution in [0.25, 0.3) is 16.9 Å². The van der Waals surface area contributed by atoms with Gasteiger partial charge in [0.1, 0.15) is 17.3 Å². The lowest BCUT2D eigenvalue weighted by molar-refractivity contribution is -0.134. The summed E-state index contributed by atoms with van der Waals surface area (Å²) in [5, 5.41) is 3.67. The molecule has 0 saturated heterocycles. The molecule has 0 saturated carbocycles. The zero-order valence-corrected chi connectivity index (χ0v) is 13.3. The number of fused-ring (bicyclic) bond motifs is 1. The first-order valence-electron chi connectivity index (χ1n) is 6.67. The number of hydrogen-bond acceptors (Lipinski definition) is 3. The van der Waals surface area contributed by atoms with Gasteiger partial charge in [0.25, 0.3) is 5.78 Å². The number of hydrogen-bond donors (Lipinski definition) is 0. The summed E-state index contributed by atoms with van der Waals surface area (Å²) in [5.74, 6) is -0.702. The Morgan fingerprint density at radius 3 is 2.54 bits per heavy atom. The molecule has 0 aliphatic carbocycles. The molecule has 0 radical (unpaired) electrons. The van der Waals surface area contributed by atoms with Gasteiger partial charge in [-0.3, -0.25) is 0 Å². The second-order valence-electron chi connectivity index (χ2n) is 4.91. The molecule has 24 heavy (non-hydrogen) atoms. The van der Waals surface area contributed by atoms with Gasteiger partial charge in [-0.15, -0.1) is 0 Å². The van der Waals surface area contributed by atoms with Gasteiger partial charge in [-0.25, -0.2) is 8.91 Å². The van der Waals surface area contributed by atoms with Gasteiger partial charge in [0, 0.05) is 17.5 Å². The van der Waals surface area contributed by atoms with E-state index in [0.29, 0.717) is 0 Å². The van der Waals surface area contributed by atoms with Crippen molar-refractivity contribution in [2.24, 2.45) is 0 Å². The van der Waals surface area contributed by atoms with Gasteiger partial charge in [0.15, 0.2) is 0 Å². The maximum absolute atomic E-state index is 14.3. The number of halogens is 6. The molecular formula is C14H8Cl2F4N4. The maximum atomic E-state index is 14.3. The molecule has 0 aliphatic rings. The van der Waals surface area contributed by atoms with Gasteiger partial charge in [0.2, 0.25) is 0 Å². The number of alkyl halides is 3. The fourth-order valence-electron chi connectivity index (χ4n) is 2.35. The molecule has 0 amide bonds. The zero-order chi connectivity index (χ0) is 17.5. The lowest BCUT2D eigenvalue weighted by Gasteiger charge is -2.15. The highest BCUT2D eigenvalue weighted by atomic mass is 35.5. The van der Waals surface area contributed by atoms with Crippen molar-refractivity contribution < 1.29 is 17.6 Å². The van der Waals surface area contributed by atoms with E-state index in [4.69, 9.17) is 23.2 Å². The van der Waals surface area contributed by atoms with Crippen LogP contribution in [0.15, 0.2) is 24.5 Å². The topological polar surface area (TPSA) is 43.1 Å². The molecule has 0 spiro atoms. The first-order valence-corrected chi connectivity index (χ1v) is 7.43. The van der Waals surface area contributed by atoms with Crippen molar-refractivity contribution in [1.29, 1.82) is 0 Å². The minimum Gasteiger partial charge on any atom is -0.206 e. The van der Waals surface area contributed by atoms with Crippen LogP contribution in [0.3, 0.4) is 0 Å². The molecule has 0 atom stereocenters. The van der Waals surface area contributed by atoms with Crippen molar-refractivity contribution in [3.05, 3.63) is 46.2 Å². The van der Waals surface area contributed by atoms with E-state index in [0.717, 1.165) is 16.9 Å². The van der Waals surface area contributed by atoms with Crippen molar-refractivity contribution >= 4 is 29.0 Å². The monoisotopic (exact) mass is 378 g/mol. The van der Waals surface area contributed by atoms with E-state index in [-0.39, 0.29) is 32.8 Å². The summed E-state index contributed by atoms with van der Waals surface area (Å²) in [6.07, 6.45) is -4.89. The average molecular weight is 379 g/mol. The number of aromatic nitrogens is 4. The third-order valence-corrected chi connectivity index (χ3v) is 3.92. The van der Waals surface area contributed by atoms with Gasteiger partial charge in [0.05, 0.1) is 10.7 Å². The zero-order valence-electron chi connectivity index (χ0n) is 11.8. The number of nitrogens with zero attached hydrogens (tertiary/aromatic N) is 4. The molecule has 0 aliphatic heterocycles. The van der Waals surface area contributed by atoms with Crippen LogP contribution in [-0.2, 0) is 6.42 Å². The summed E-state index contributed by atoms with van der Waals surface area (Å²) in [6, 6.07) is 3.93. The quantitative estimate of drug-likeness (QED) is 0.488. The van der Waals surface area contributed by atoms with E-state index in [9.17, 15) is 17.6 Å². The van der Waals surface area contributed by atoms with Crippen LogP contribution in [-0.4, -0.2) is 25.8 Å². The first kappa shape index (κ1) is 16.9. The molecule has 0 unspecified atom stereocenters. The predicted octanol–water partition coefficient (Wildman–Crippen LogP) is 4.73. The third-order valence-electron chi connectivity index (χ3n) is 3.34. The largest absolute Gasteiger partial charge is 0.389 e. The van der Waals surface area contributed by atoms with Crippen LogP contribution in [0, 0.1) is 5.82 Å². The Hall–Kier alpha value is -1.93. The van der Waals surface area contributed by atoms with Crippen molar-refractivity contribution in [1.82, 2.24) is 19.6 Å². The minimum absolute atomic E-state index is 0.00595. The maximum Gasteiger partial charge on any atom is 0.389 e. The summed E-state index contributed by atoms with van der Waals surface area (Å²) in [6.45, 7) is 0. The second-order valence-corrected chi connectivity index (χ2v) is 5.67. The first-order chi connectivity index (χ1) is 11.3. The Labute approximate surface area is 143 Å². The second kappa shape index (κ2) is 6.18. The van der Waals surface area contributed by atoms with Crippen molar-refractivity contribution in [2.75, 3.05) is 0 Å². The normalized spacial score (nSPS) is 12.1. The Morgan fingerprint density at radius 2 is 1.88 bits per heavy atom. The van der Waals surface area contributed by atoms with Gasteiger partial charge in [-0.1, -0.05) is 29.3 Å². The van der Waals surface area contributed by atoms with E-state index >= 15 is 0 Å². The molecule has 1 aromatic carbocycles. The van der Waals surface area contributed by atoms with Crippen LogP contribution in [0.1, 0.15) is 12.1 Å². The number of benzene rings is 1. The minimum atomic E-state index is -4.40. The number of rotatable bonds is 3. The number of aryl methyl sites for hydroxylation is 1. The fraction of sp³-hybridized carbons (Fsp3) is 0.214. The van der Waals surface area contributed by atoms with E-state index in [2.05, 4.69) is 15.1 Å². The third kappa shape index (κ3) is 3.16. The Bertz CT molecular complexity index is 887. The lowest BCUT2D eigenvalue weighted by atomic mass is 10.0. The van der Waals surface area contributed by atoms with E-state index in [1.54, 1.807) is 0 Å². The molecule has 0 fully saturated rings. The standard InChI is InChI=1S/C14H8Cl2F4N4/c15-7-2-1-3-8(17)10(7)11-9(4-5-14(18,19)20)24-13(21-6-22-24)23-12(11)16/h1-3,6H,4-5H2. The Balaban J connectivity index is 2.28. The van der Waals surface area contributed by atoms with E-state index in [1.807, 2.05) is 0 Å². The molecule has 0 bridgehead atoms. The van der Waals surface area contributed by atoms with Gasteiger partial charge in [-0.2, -0.15) is 28.2 Å². The van der Waals surface area contributed by atoms with Crippen LogP contribution in [0.4, 0.5) is 17.6 Å². The molecule has 3 aromatic rings. The van der Waals surface area contributed by atoms with Gasteiger partial charge >= 0.3 is 6.18 Å². The molecule has 4 nitrogen and oxygen atoms in total. The van der Waals surface area contributed by atoms with Crippen LogP contribution in [0.2, 0.25) is 10.2 Å². The summed E-state index contributed by atoms with van der Waals surface area (Å²) < 4.78 is 53.4. The summed E-state index contributed by atoms with van der Waals surface area (Å²) in [5.41, 5.74) is -0.111. The van der Waals surface area contributed by atoms with Crippen LogP contribution < -0.4 is 0 Å². The lowest BCUT2D eigenvalue weighted by Crippen LogP contribution is -2.13. The molecule has 126 valence electrons. The van der Waals surface area contributed by atoms with E-state index < -0.39 is 24.8 Å². The predicted molar refractivity (Wildman–Crippen MR) is 80.6 cm³/mol. The summed E-state index contributed by atoms with van der Waals surface area (Å²) >= 11 is 12.1. The van der Waals surface area contributed by atoms with Crippen LogP contribution >= 0.6 is 23.2 Å². The SMILES string of the molecule is Fc1cccc(Cl)c1-c1c(Cl)nc2ncnn2c1CCC(F)(F)F. The smallest absolute Gasteiger partial charge is 0.206 e. The van der Waals surface area contributed by atoms with Gasteiger partial charge in [-0.05, 0) is 18.6 Å². The highest BCUT2D eigenvalue weighted by Crippen LogP contribution is 2.38. The highest BCUT2D eigenvalue weighted by Gasteiger charge is 2.30. The highest BCUT2D eigenvalue weighted by molar-refractivity contribution is 6.36. The molecule has 2 aromatic heterocycles. The van der Waals surface area contributed by atoms with Crippen LogP contribution in [0.5, 0.6) is 0 Å². The average Bonchev–Trinajstić information content (AvgIpc) is 2.93. The van der Waals surface area contributed by atoms with Crippen molar-refractivity contribution in [2.45, 2.75) is 19.0 Å². The molecule has 2 heterocycles. The van der Waals surface area contributed by atoms with E-state index in [1.165, 1.54) is 12.1 Å². The Kier molecular flexibility index (Phi) is 4.35. The van der Waals surface area contributed by atoms with Gasteiger partial charge < -0.3 is 0 Å². The fourth-order valence-corrected chi connectivity index (χ4v) is 2.88. The molecule has 3 rings (SSSR count). The molecule has 0 N–H and O–H groups in total. The summed E-state index contributed by atoms with van der Waals surface area (Å²) in [7, 11) is 0.